The molecule has 2 heterocycles. The molecule has 2 amide bonds. The molecule has 2 fully saturated rings. The molecular weight excluding hydrogens is 278 g/mol. The maximum atomic E-state index is 12.2. The first-order valence-electron chi connectivity index (χ1n) is 8.87. The van der Waals surface area contributed by atoms with E-state index in [1.807, 2.05) is 4.90 Å². The average molecular weight is 311 g/mol. The quantitative estimate of drug-likeness (QED) is 0.818. The number of hydrogen-bond donors (Lipinski definition) is 1. The molecule has 2 rings (SSSR count). The van der Waals surface area contributed by atoms with Crippen LogP contribution in [0.25, 0.3) is 0 Å². The van der Waals surface area contributed by atoms with E-state index in [1.54, 1.807) is 0 Å². The van der Waals surface area contributed by atoms with Gasteiger partial charge in [-0.05, 0) is 51.1 Å². The second-order valence-electron chi connectivity index (χ2n) is 7.37. The van der Waals surface area contributed by atoms with Gasteiger partial charge in [0.15, 0.2) is 0 Å². The lowest BCUT2D eigenvalue weighted by atomic mass is 9.99. The van der Waals surface area contributed by atoms with Gasteiger partial charge in [0.2, 0.25) is 0 Å². The Bertz CT molecular complexity index is 349. The number of piperidine rings is 1. The van der Waals surface area contributed by atoms with Gasteiger partial charge in [-0.1, -0.05) is 13.8 Å². The van der Waals surface area contributed by atoms with E-state index < -0.39 is 0 Å². The lowest BCUT2D eigenvalue weighted by molar-refractivity contribution is 0.0542. The zero-order chi connectivity index (χ0) is 15.9. The summed E-state index contributed by atoms with van der Waals surface area (Å²) in [7, 11) is 2.16. The smallest absolute Gasteiger partial charge is 0.317 e. The van der Waals surface area contributed by atoms with Gasteiger partial charge in [-0.3, -0.25) is 0 Å². The van der Waals surface area contributed by atoms with Crippen LogP contribution in [-0.2, 0) is 4.74 Å². The number of nitrogens with zero attached hydrogens (tertiary/aromatic N) is 2. The molecule has 5 heteroatoms. The zero-order valence-electron chi connectivity index (χ0n) is 14.5. The molecule has 2 saturated heterocycles. The van der Waals surface area contributed by atoms with Crippen molar-refractivity contribution in [3.8, 4) is 0 Å². The van der Waals surface area contributed by atoms with Crippen LogP contribution in [0.1, 0.15) is 39.5 Å². The molecule has 0 aliphatic carbocycles. The van der Waals surface area contributed by atoms with Crippen molar-refractivity contribution in [2.24, 2.45) is 11.8 Å². The van der Waals surface area contributed by atoms with Crippen LogP contribution in [0.15, 0.2) is 0 Å². The minimum atomic E-state index is 0.0863. The second kappa shape index (κ2) is 8.73. The zero-order valence-corrected chi connectivity index (χ0v) is 14.5. The number of amides is 2. The molecule has 0 spiro atoms. The van der Waals surface area contributed by atoms with Crippen molar-refractivity contribution in [2.45, 2.75) is 45.6 Å². The summed E-state index contributed by atoms with van der Waals surface area (Å²) in [6.45, 7) is 9.88. The van der Waals surface area contributed by atoms with E-state index in [4.69, 9.17) is 4.74 Å². The SMILES string of the molecule is CC(C)CCO[C@@H]1CCN(C(=O)NC[C@@H]2CCCN(C)C2)C1. The number of nitrogens with one attached hydrogen (secondary N) is 1. The van der Waals surface area contributed by atoms with Crippen LogP contribution < -0.4 is 5.32 Å². The van der Waals surface area contributed by atoms with Crippen LogP contribution in [0.3, 0.4) is 0 Å². The highest BCUT2D eigenvalue weighted by atomic mass is 16.5. The fraction of sp³-hybridized carbons (Fsp3) is 0.941. The number of ether oxygens (including phenoxy) is 1. The summed E-state index contributed by atoms with van der Waals surface area (Å²) < 4.78 is 5.87. The van der Waals surface area contributed by atoms with Crippen LogP contribution in [0.5, 0.6) is 0 Å². The normalized spacial score (nSPS) is 26.6. The maximum Gasteiger partial charge on any atom is 0.317 e. The number of likely N-dealkylation sites (tertiary alicyclic amines) is 2. The van der Waals surface area contributed by atoms with E-state index >= 15 is 0 Å². The number of hydrogen-bond acceptors (Lipinski definition) is 3. The average Bonchev–Trinajstić information content (AvgIpc) is 2.93. The van der Waals surface area contributed by atoms with Crippen molar-refractivity contribution in [2.75, 3.05) is 46.4 Å². The van der Waals surface area contributed by atoms with Gasteiger partial charge in [-0.15, -0.1) is 0 Å². The van der Waals surface area contributed by atoms with Gasteiger partial charge in [-0.25, -0.2) is 4.79 Å². The standard InChI is InChI=1S/C17H33N3O2/c1-14(2)7-10-22-16-6-9-20(13-16)17(21)18-11-15-5-4-8-19(3)12-15/h14-16H,4-13H2,1-3H3,(H,18,21)/t15-,16+/m0/s1. The molecule has 0 aromatic heterocycles. The highest BCUT2D eigenvalue weighted by Crippen LogP contribution is 2.16. The van der Waals surface area contributed by atoms with Gasteiger partial charge < -0.3 is 19.9 Å². The molecule has 5 nitrogen and oxygen atoms in total. The first-order valence-corrected chi connectivity index (χ1v) is 8.87. The Kier molecular flexibility index (Phi) is 6.96. The fourth-order valence-corrected chi connectivity index (χ4v) is 3.30. The summed E-state index contributed by atoms with van der Waals surface area (Å²) in [5, 5.41) is 3.11. The Morgan fingerprint density at radius 1 is 1.27 bits per heavy atom. The highest BCUT2D eigenvalue weighted by molar-refractivity contribution is 5.74. The molecule has 0 bridgehead atoms. The summed E-state index contributed by atoms with van der Waals surface area (Å²) in [6, 6.07) is 0.0863. The van der Waals surface area contributed by atoms with Gasteiger partial charge in [0.1, 0.15) is 0 Å². The van der Waals surface area contributed by atoms with Crippen molar-refractivity contribution in [1.29, 1.82) is 0 Å². The number of carbonyl (C=O) groups is 1. The minimum absolute atomic E-state index is 0.0863. The predicted octanol–water partition coefficient (Wildman–Crippen LogP) is 2.17. The van der Waals surface area contributed by atoms with E-state index in [9.17, 15) is 4.79 Å². The van der Waals surface area contributed by atoms with Crippen molar-refractivity contribution >= 4 is 6.03 Å². The van der Waals surface area contributed by atoms with Crippen LogP contribution in [-0.4, -0.2) is 68.3 Å². The lowest BCUT2D eigenvalue weighted by Gasteiger charge is -2.30. The topological polar surface area (TPSA) is 44.8 Å². The van der Waals surface area contributed by atoms with Crippen molar-refractivity contribution < 1.29 is 9.53 Å². The first-order chi connectivity index (χ1) is 10.5. The Labute approximate surface area is 135 Å². The summed E-state index contributed by atoms with van der Waals surface area (Å²) in [5.41, 5.74) is 0. The Morgan fingerprint density at radius 3 is 2.82 bits per heavy atom. The second-order valence-corrected chi connectivity index (χ2v) is 7.37. The van der Waals surface area contributed by atoms with E-state index in [-0.39, 0.29) is 12.1 Å². The van der Waals surface area contributed by atoms with Gasteiger partial charge >= 0.3 is 6.03 Å². The summed E-state index contributed by atoms with van der Waals surface area (Å²) in [6.07, 6.45) is 4.76. The largest absolute Gasteiger partial charge is 0.376 e. The molecular formula is C17H33N3O2. The molecule has 22 heavy (non-hydrogen) atoms. The number of urea groups is 1. The summed E-state index contributed by atoms with van der Waals surface area (Å²) in [4.78, 5) is 16.5. The van der Waals surface area contributed by atoms with Gasteiger partial charge in [-0.2, -0.15) is 0 Å². The van der Waals surface area contributed by atoms with Crippen molar-refractivity contribution in [3.63, 3.8) is 0 Å². The summed E-state index contributed by atoms with van der Waals surface area (Å²) in [5.74, 6) is 1.28. The molecule has 1 N–H and O–H groups in total. The van der Waals surface area contributed by atoms with E-state index in [0.29, 0.717) is 11.8 Å². The Balaban J connectivity index is 1.62. The molecule has 2 aliphatic rings. The van der Waals surface area contributed by atoms with E-state index in [0.717, 1.165) is 45.6 Å². The van der Waals surface area contributed by atoms with Gasteiger partial charge in [0.25, 0.3) is 0 Å². The van der Waals surface area contributed by atoms with E-state index in [2.05, 4.69) is 31.1 Å². The Hall–Kier alpha value is -0.810. The van der Waals surface area contributed by atoms with Crippen molar-refractivity contribution in [3.05, 3.63) is 0 Å². The monoisotopic (exact) mass is 311 g/mol. The highest BCUT2D eigenvalue weighted by Gasteiger charge is 2.27. The minimum Gasteiger partial charge on any atom is -0.376 e. The molecule has 0 aromatic rings. The third kappa shape index (κ3) is 5.76. The molecule has 128 valence electrons. The molecule has 0 saturated carbocycles. The maximum absolute atomic E-state index is 12.2. The van der Waals surface area contributed by atoms with E-state index in [1.165, 1.54) is 19.4 Å². The van der Waals surface area contributed by atoms with Crippen LogP contribution in [0.4, 0.5) is 4.79 Å². The molecule has 0 radical (unpaired) electrons. The fourth-order valence-electron chi connectivity index (χ4n) is 3.30. The lowest BCUT2D eigenvalue weighted by Crippen LogP contribution is -2.44. The third-order valence-corrected chi connectivity index (χ3v) is 4.75. The summed E-state index contributed by atoms with van der Waals surface area (Å²) >= 11 is 0. The number of carbonyl (C=O) groups excluding carboxylic acids is 1. The first kappa shape index (κ1) is 17.5. The van der Waals surface area contributed by atoms with Crippen LogP contribution in [0, 0.1) is 11.8 Å². The molecule has 2 atom stereocenters. The predicted molar refractivity (Wildman–Crippen MR) is 89.0 cm³/mol. The third-order valence-electron chi connectivity index (χ3n) is 4.75. The molecule has 0 aromatic carbocycles. The van der Waals surface area contributed by atoms with Gasteiger partial charge in [0, 0.05) is 32.8 Å². The van der Waals surface area contributed by atoms with Crippen LogP contribution >= 0.6 is 0 Å². The molecule has 0 unspecified atom stereocenters. The van der Waals surface area contributed by atoms with Crippen molar-refractivity contribution in [1.82, 2.24) is 15.1 Å². The van der Waals surface area contributed by atoms with Gasteiger partial charge in [0.05, 0.1) is 6.10 Å². The number of rotatable bonds is 6. The molecule has 2 aliphatic heterocycles. The van der Waals surface area contributed by atoms with Crippen LogP contribution in [0.2, 0.25) is 0 Å². The Morgan fingerprint density at radius 2 is 2.09 bits per heavy atom.